The van der Waals surface area contributed by atoms with E-state index in [0.29, 0.717) is 6.54 Å². The first-order chi connectivity index (χ1) is 11.6. The molecule has 2 aromatic carbocycles. The summed E-state index contributed by atoms with van der Waals surface area (Å²) in [5.74, 6) is -1.16. The molecule has 2 nitrogen and oxygen atoms in total. The van der Waals surface area contributed by atoms with Crippen LogP contribution in [0.1, 0.15) is 24.1 Å². The average molecular weight is 326 g/mol. The largest absolute Gasteiger partial charge is 0.303 e. The third-order valence-corrected chi connectivity index (χ3v) is 4.13. The van der Waals surface area contributed by atoms with Crippen molar-refractivity contribution in [2.45, 2.75) is 13.0 Å². The first-order valence-corrected chi connectivity index (χ1v) is 7.85. The first kappa shape index (κ1) is 16.5. The molecular formula is C20H18F2NO. The first-order valence-electron chi connectivity index (χ1n) is 7.85. The van der Waals surface area contributed by atoms with Gasteiger partial charge in [0.1, 0.15) is 17.9 Å². The van der Waals surface area contributed by atoms with Crippen LogP contribution in [0, 0.1) is 24.1 Å². The van der Waals surface area contributed by atoms with E-state index in [1.165, 1.54) is 6.07 Å². The predicted octanol–water partition coefficient (Wildman–Crippen LogP) is 4.40. The molecule has 1 aliphatic heterocycles. The molecule has 2 aromatic rings. The Morgan fingerprint density at radius 1 is 1.17 bits per heavy atom. The van der Waals surface area contributed by atoms with E-state index in [1.807, 2.05) is 47.9 Å². The minimum absolute atomic E-state index is 0.105. The maximum absolute atomic E-state index is 14.1. The van der Waals surface area contributed by atoms with Crippen molar-refractivity contribution >= 4 is 11.9 Å². The molecule has 24 heavy (non-hydrogen) atoms. The standard InChI is InChI=1S/C20H18F2NO/c1-14(13-24)11-23-12-16(18-10-17(21)7-8-19(18)22)9-20(23)15-5-3-2-4-6-15/h2-11,13-14,20H,12H2,1H3/t14?,20-/m0/s1. The van der Waals surface area contributed by atoms with Gasteiger partial charge in [-0.2, -0.15) is 0 Å². The van der Waals surface area contributed by atoms with Crippen LogP contribution in [0.15, 0.2) is 54.6 Å². The minimum atomic E-state index is -0.466. The van der Waals surface area contributed by atoms with E-state index in [-0.39, 0.29) is 17.5 Å². The lowest BCUT2D eigenvalue weighted by Crippen LogP contribution is -2.25. The summed E-state index contributed by atoms with van der Waals surface area (Å²) in [7, 11) is 0. The van der Waals surface area contributed by atoms with E-state index in [9.17, 15) is 13.6 Å². The van der Waals surface area contributed by atoms with Crippen molar-refractivity contribution < 1.29 is 13.6 Å². The number of carbonyl (C=O) groups is 1. The summed E-state index contributed by atoms with van der Waals surface area (Å²) in [6, 6.07) is 13.1. The highest BCUT2D eigenvalue weighted by atomic mass is 19.1. The van der Waals surface area contributed by atoms with E-state index in [2.05, 4.69) is 0 Å². The molecule has 0 fully saturated rings. The molecule has 1 aliphatic rings. The summed E-state index contributed by atoms with van der Waals surface area (Å²) in [6.45, 7) is 4.07. The van der Waals surface area contributed by atoms with Gasteiger partial charge in [-0.15, -0.1) is 0 Å². The number of halogens is 2. The van der Waals surface area contributed by atoms with Crippen LogP contribution in [-0.2, 0) is 4.79 Å². The summed E-state index contributed by atoms with van der Waals surface area (Å²) in [6.07, 6.45) is 2.80. The lowest BCUT2D eigenvalue weighted by molar-refractivity contribution is -0.110. The molecule has 2 atom stereocenters. The lowest BCUT2D eigenvalue weighted by Gasteiger charge is -2.25. The molecular weight excluding hydrogens is 308 g/mol. The van der Waals surface area contributed by atoms with Gasteiger partial charge in [0, 0.05) is 24.6 Å². The van der Waals surface area contributed by atoms with Gasteiger partial charge in [0.15, 0.2) is 0 Å². The quantitative estimate of drug-likeness (QED) is 0.759. The molecule has 1 radical (unpaired) electrons. The molecule has 0 bridgehead atoms. The highest BCUT2D eigenvalue weighted by Gasteiger charge is 2.29. The molecule has 0 saturated carbocycles. The van der Waals surface area contributed by atoms with Gasteiger partial charge in [-0.25, -0.2) is 8.78 Å². The van der Waals surface area contributed by atoms with Crippen molar-refractivity contribution in [3.63, 3.8) is 0 Å². The molecule has 0 spiro atoms. The van der Waals surface area contributed by atoms with Gasteiger partial charge in [0.05, 0.1) is 6.04 Å². The molecule has 0 saturated heterocycles. The Bertz CT molecular complexity index is 757. The zero-order valence-electron chi connectivity index (χ0n) is 13.3. The summed E-state index contributed by atoms with van der Waals surface area (Å²) in [5.41, 5.74) is 2.03. The van der Waals surface area contributed by atoms with Crippen LogP contribution in [-0.4, -0.2) is 17.7 Å². The molecule has 4 heteroatoms. The fraction of sp³-hybridized carbons (Fsp3) is 0.200. The Hall–Kier alpha value is -2.33. The number of hydrogen-bond acceptors (Lipinski definition) is 2. The Morgan fingerprint density at radius 3 is 2.62 bits per heavy atom. The number of hydrogen-bond donors (Lipinski definition) is 0. The van der Waals surface area contributed by atoms with Crippen LogP contribution in [0.2, 0.25) is 0 Å². The molecule has 0 aromatic heterocycles. The van der Waals surface area contributed by atoms with Crippen molar-refractivity contribution in [1.82, 2.24) is 4.90 Å². The molecule has 0 amide bonds. The number of rotatable bonds is 5. The van der Waals surface area contributed by atoms with Crippen molar-refractivity contribution in [2.75, 3.05) is 6.54 Å². The summed E-state index contributed by atoms with van der Waals surface area (Å²) >= 11 is 0. The van der Waals surface area contributed by atoms with Gasteiger partial charge in [-0.1, -0.05) is 43.3 Å². The van der Waals surface area contributed by atoms with Crippen LogP contribution in [0.25, 0.3) is 5.57 Å². The maximum atomic E-state index is 14.1. The van der Waals surface area contributed by atoms with Crippen LogP contribution >= 0.6 is 0 Å². The fourth-order valence-electron chi connectivity index (χ4n) is 2.97. The average Bonchev–Trinajstić information content (AvgIpc) is 3.01. The molecule has 1 unspecified atom stereocenters. The molecule has 123 valence electrons. The third-order valence-electron chi connectivity index (χ3n) is 4.13. The van der Waals surface area contributed by atoms with Crippen LogP contribution < -0.4 is 0 Å². The van der Waals surface area contributed by atoms with Crippen molar-refractivity contribution in [1.29, 1.82) is 0 Å². The van der Waals surface area contributed by atoms with E-state index < -0.39 is 11.6 Å². The molecule has 0 aliphatic carbocycles. The van der Waals surface area contributed by atoms with Gasteiger partial charge in [0.25, 0.3) is 0 Å². The normalized spacial score (nSPS) is 19.1. The number of aldehydes is 1. The monoisotopic (exact) mass is 326 g/mol. The topological polar surface area (TPSA) is 20.3 Å². The van der Waals surface area contributed by atoms with Crippen molar-refractivity contribution in [3.8, 4) is 0 Å². The Labute approximate surface area is 140 Å². The van der Waals surface area contributed by atoms with E-state index in [1.54, 1.807) is 6.92 Å². The van der Waals surface area contributed by atoms with E-state index in [4.69, 9.17) is 0 Å². The Morgan fingerprint density at radius 2 is 1.92 bits per heavy atom. The highest BCUT2D eigenvalue weighted by molar-refractivity contribution is 5.71. The SMILES string of the molecule is CC([CH]N1CC(c2cc(F)ccc2F)=C[C@H]1c1ccccc1)C=O. The summed E-state index contributed by atoms with van der Waals surface area (Å²) in [4.78, 5) is 13.0. The molecule has 3 rings (SSSR count). The van der Waals surface area contributed by atoms with Crippen LogP contribution in [0.4, 0.5) is 8.78 Å². The van der Waals surface area contributed by atoms with Crippen LogP contribution in [0.3, 0.4) is 0 Å². The Kier molecular flexibility index (Phi) is 4.86. The smallest absolute Gasteiger partial charge is 0.130 e. The molecule has 1 heterocycles. The third kappa shape index (κ3) is 3.44. The van der Waals surface area contributed by atoms with Gasteiger partial charge in [0.2, 0.25) is 0 Å². The lowest BCUT2D eigenvalue weighted by atomic mass is 10.0. The van der Waals surface area contributed by atoms with Crippen molar-refractivity contribution in [2.24, 2.45) is 5.92 Å². The number of benzene rings is 2. The van der Waals surface area contributed by atoms with E-state index >= 15 is 0 Å². The zero-order chi connectivity index (χ0) is 17.1. The van der Waals surface area contributed by atoms with E-state index in [0.717, 1.165) is 29.6 Å². The van der Waals surface area contributed by atoms with Gasteiger partial charge in [-0.3, -0.25) is 4.90 Å². The summed E-state index contributed by atoms with van der Waals surface area (Å²) < 4.78 is 27.6. The fourth-order valence-corrected chi connectivity index (χ4v) is 2.97. The predicted molar refractivity (Wildman–Crippen MR) is 89.8 cm³/mol. The second kappa shape index (κ2) is 7.05. The summed E-state index contributed by atoms with van der Waals surface area (Å²) in [5, 5.41) is 0. The van der Waals surface area contributed by atoms with Gasteiger partial charge < -0.3 is 4.79 Å². The second-order valence-corrected chi connectivity index (χ2v) is 5.99. The number of carbonyl (C=O) groups excluding carboxylic acids is 1. The second-order valence-electron chi connectivity index (χ2n) is 5.99. The Balaban J connectivity index is 1.96. The number of nitrogens with zero attached hydrogens (tertiary/aromatic N) is 1. The molecule has 0 N–H and O–H groups in total. The maximum Gasteiger partial charge on any atom is 0.130 e. The van der Waals surface area contributed by atoms with Crippen molar-refractivity contribution in [3.05, 3.63) is 83.9 Å². The van der Waals surface area contributed by atoms with Crippen LogP contribution in [0.5, 0.6) is 0 Å². The van der Waals surface area contributed by atoms with Gasteiger partial charge >= 0.3 is 0 Å². The minimum Gasteiger partial charge on any atom is -0.303 e. The highest BCUT2D eigenvalue weighted by Crippen LogP contribution is 2.37. The zero-order valence-corrected chi connectivity index (χ0v) is 13.3. The van der Waals surface area contributed by atoms with Gasteiger partial charge in [-0.05, 0) is 29.3 Å².